The summed E-state index contributed by atoms with van der Waals surface area (Å²) in [4.78, 5) is 0.134. The van der Waals surface area contributed by atoms with E-state index < -0.39 is 10.0 Å². The van der Waals surface area contributed by atoms with Crippen LogP contribution in [0.5, 0.6) is 0 Å². The van der Waals surface area contributed by atoms with Gasteiger partial charge in [0.1, 0.15) is 0 Å². The average molecular weight is 309 g/mol. The summed E-state index contributed by atoms with van der Waals surface area (Å²) in [6.07, 6.45) is 2.07. The molecule has 7 heteroatoms. The maximum atomic E-state index is 12.0. The van der Waals surface area contributed by atoms with Crippen molar-refractivity contribution in [2.75, 3.05) is 13.1 Å². The Kier molecular flexibility index (Phi) is 4.50. The fourth-order valence-corrected chi connectivity index (χ4v) is 3.34. The molecule has 0 bridgehead atoms. The first-order valence-corrected chi connectivity index (χ1v) is 7.91. The first-order valence-electron chi connectivity index (χ1n) is 5.67. The molecule has 1 aromatic rings. The molecule has 4 nitrogen and oxygen atoms in total. The molecule has 0 aliphatic carbocycles. The zero-order valence-corrected chi connectivity index (χ0v) is 11.9. The van der Waals surface area contributed by atoms with Crippen LogP contribution in [0.1, 0.15) is 12.8 Å². The lowest BCUT2D eigenvalue weighted by molar-refractivity contribution is 0.552. The lowest BCUT2D eigenvalue weighted by Crippen LogP contribution is -2.37. The topological polar surface area (TPSA) is 58.2 Å². The van der Waals surface area contributed by atoms with Gasteiger partial charge >= 0.3 is 0 Å². The van der Waals surface area contributed by atoms with E-state index in [1.54, 1.807) is 0 Å². The lowest BCUT2D eigenvalue weighted by atomic mass is 10.2. The second-order valence-electron chi connectivity index (χ2n) is 4.22. The zero-order chi connectivity index (χ0) is 13.2. The van der Waals surface area contributed by atoms with E-state index in [0.717, 1.165) is 19.4 Å². The number of benzene rings is 1. The molecule has 1 saturated heterocycles. The molecule has 0 spiro atoms. The van der Waals surface area contributed by atoms with Crippen molar-refractivity contribution in [2.45, 2.75) is 23.8 Å². The van der Waals surface area contributed by atoms with Gasteiger partial charge in [-0.25, -0.2) is 13.1 Å². The molecule has 0 radical (unpaired) electrons. The fourth-order valence-electron chi connectivity index (χ4n) is 1.87. The van der Waals surface area contributed by atoms with Crippen molar-refractivity contribution in [3.63, 3.8) is 0 Å². The summed E-state index contributed by atoms with van der Waals surface area (Å²) in [5, 5.41) is 3.80. The minimum absolute atomic E-state index is 0.134. The highest BCUT2D eigenvalue weighted by atomic mass is 35.5. The Morgan fingerprint density at radius 1 is 1.33 bits per heavy atom. The van der Waals surface area contributed by atoms with Gasteiger partial charge in [0, 0.05) is 12.6 Å². The third kappa shape index (κ3) is 3.36. The van der Waals surface area contributed by atoms with Gasteiger partial charge in [-0.05, 0) is 37.6 Å². The Hall–Kier alpha value is -0.330. The highest BCUT2D eigenvalue weighted by Gasteiger charge is 2.19. The molecule has 0 aromatic heterocycles. The van der Waals surface area contributed by atoms with Crippen LogP contribution < -0.4 is 10.0 Å². The minimum Gasteiger partial charge on any atom is -0.313 e. The van der Waals surface area contributed by atoms with Gasteiger partial charge in [0.15, 0.2) is 0 Å². The van der Waals surface area contributed by atoms with Gasteiger partial charge in [-0.15, -0.1) is 0 Å². The molecular formula is C11H14Cl2N2O2S. The Bertz CT molecular complexity index is 528. The van der Waals surface area contributed by atoms with Crippen LogP contribution in [0.15, 0.2) is 23.1 Å². The molecular weight excluding hydrogens is 295 g/mol. The van der Waals surface area contributed by atoms with E-state index in [9.17, 15) is 8.42 Å². The van der Waals surface area contributed by atoms with Crippen LogP contribution in [0.2, 0.25) is 10.0 Å². The van der Waals surface area contributed by atoms with Crippen LogP contribution in [0.4, 0.5) is 0 Å². The van der Waals surface area contributed by atoms with E-state index in [4.69, 9.17) is 23.2 Å². The van der Waals surface area contributed by atoms with E-state index in [2.05, 4.69) is 10.0 Å². The fraction of sp³-hybridized carbons (Fsp3) is 0.455. The molecule has 1 aromatic carbocycles. The summed E-state index contributed by atoms with van der Waals surface area (Å²) in [5.74, 6) is 0. The summed E-state index contributed by atoms with van der Waals surface area (Å²) in [6.45, 7) is 1.34. The quantitative estimate of drug-likeness (QED) is 0.894. The van der Waals surface area contributed by atoms with Gasteiger partial charge in [0.2, 0.25) is 10.0 Å². The number of hydrogen-bond donors (Lipinski definition) is 2. The molecule has 100 valence electrons. The molecule has 0 saturated carbocycles. The van der Waals surface area contributed by atoms with Crippen molar-refractivity contribution in [1.82, 2.24) is 10.0 Å². The Labute approximate surface area is 117 Å². The van der Waals surface area contributed by atoms with E-state index in [1.165, 1.54) is 18.2 Å². The lowest BCUT2D eigenvalue weighted by Gasteiger charge is -2.12. The summed E-state index contributed by atoms with van der Waals surface area (Å²) < 4.78 is 26.6. The Morgan fingerprint density at radius 2 is 2.11 bits per heavy atom. The summed E-state index contributed by atoms with van der Waals surface area (Å²) >= 11 is 11.6. The van der Waals surface area contributed by atoms with Crippen molar-refractivity contribution in [3.8, 4) is 0 Å². The molecule has 1 unspecified atom stereocenters. The minimum atomic E-state index is -3.52. The zero-order valence-electron chi connectivity index (χ0n) is 9.62. The molecule has 2 rings (SSSR count). The third-order valence-electron chi connectivity index (χ3n) is 2.88. The standard InChI is InChI=1S/C11H14Cl2N2O2S/c12-10-4-3-9(6-11(10)13)18(16,17)15-7-8-2-1-5-14-8/h3-4,6,8,14-15H,1-2,5,7H2. The summed E-state index contributed by atoms with van der Waals surface area (Å²) in [7, 11) is -3.52. The van der Waals surface area contributed by atoms with Crippen LogP contribution >= 0.6 is 23.2 Å². The third-order valence-corrected chi connectivity index (χ3v) is 5.04. The molecule has 1 aliphatic rings. The number of nitrogens with one attached hydrogen (secondary N) is 2. The molecule has 0 amide bonds. The van der Waals surface area contributed by atoms with E-state index in [-0.39, 0.29) is 16.0 Å². The molecule has 2 N–H and O–H groups in total. The summed E-state index contributed by atoms with van der Waals surface area (Å²) in [5.41, 5.74) is 0. The maximum Gasteiger partial charge on any atom is 0.240 e. The van der Waals surface area contributed by atoms with Gasteiger partial charge in [-0.2, -0.15) is 0 Å². The first-order chi connectivity index (χ1) is 8.49. The SMILES string of the molecule is O=S(=O)(NCC1CCCN1)c1ccc(Cl)c(Cl)c1. The predicted octanol–water partition coefficient (Wildman–Crippen LogP) is 2.02. The monoisotopic (exact) mass is 308 g/mol. The second kappa shape index (κ2) is 5.75. The van der Waals surface area contributed by atoms with Crippen LogP contribution in [0.3, 0.4) is 0 Å². The highest BCUT2D eigenvalue weighted by molar-refractivity contribution is 7.89. The van der Waals surface area contributed by atoms with Crippen LogP contribution in [0, 0.1) is 0 Å². The van der Waals surface area contributed by atoms with Crippen molar-refractivity contribution in [2.24, 2.45) is 0 Å². The van der Waals surface area contributed by atoms with E-state index in [0.29, 0.717) is 11.6 Å². The Morgan fingerprint density at radius 3 is 2.72 bits per heavy atom. The van der Waals surface area contributed by atoms with E-state index >= 15 is 0 Å². The van der Waals surface area contributed by atoms with Crippen molar-refractivity contribution in [1.29, 1.82) is 0 Å². The average Bonchev–Trinajstić information content (AvgIpc) is 2.83. The number of halogens is 2. The predicted molar refractivity (Wildman–Crippen MR) is 72.7 cm³/mol. The van der Waals surface area contributed by atoms with Crippen LogP contribution in [-0.4, -0.2) is 27.5 Å². The molecule has 18 heavy (non-hydrogen) atoms. The smallest absolute Gasteiger partial charge is 0.240 e. The number of hydrogen-bond acceptors (Lipinski definition) is 3. The highest BCUT2D eigenvalue weighted by Crippen LogP contribution is 2.24. The van der Waals surface area contributed by atoms with Crippen molar-refractivity contribution < 1.29 is 8.42 Å². The molecule has 1 aliphatic heterocycles. The van der Waals surface area contributed by atoms with Gasteiger partial charge in [0.05, 0.1) is 14.9 Å². The largest absolute Gasteiger partial charge is 0.313 e. The second-order valence-corrected chi connectivity index (χ2v) is 6.80. The summed E-state index contributed by atoms with van der Waals surface area (Å²) in [6, 6.07) is 4.49. The van der Waals surface area contributed by atoms with Gasteiger partial charge in [0.25, 0.3) is 0 Å². The van der Waals surface area contributed by atoms with Crippen molar-refractivity contribution >= 4 is 33.2 Å². The van der Waals surface area contributed by atoms with Crippen molar-refractivity contribution in [3.05, 3.63) is 28.2 Å². The molecule has 1 atom stereocenters. The molecule has 1 fully saturated rings. The van der Waals surface area contributed by atoms with Crippen LogP contribution in [0.25, 0.3) is 0 Å². The normalized spacial score (nSPS) is 20.2. The van der Waals surface area contributed by atoms with Gasteiger partial charge in [-0.1, -0.05) is 23.2 Å². The maximum absolute atomic E-state index is 12.0. The van der Waals surface area contributed by atoms with Gasteiger partial charge < -0.3 is 5.32 Å². The Balaban J connectivity index is 2.07. The van der Waals surface area contributed by atoms with E-state index in [1.807, 2.05) is 0 Å². The van der Waals surface area contributed by atoms with Gasteiger partial charge in [-0.3, -0.25) is 0 Å². The first kappa shape index (κ1) is 14.1. The number of rotatable bonds is 4. The van der Waals surface area contributed by atoms with Crippen LogP contribution in [-0.2, 0) is 10.0 Å². The molecule has 1 heterocycles. The number of sulfonamides is 1.